The molecule has 0 aromatic heterocycles. The number of rotatable bonds is 6. The maximum absolute atomic E-state index is 12.1. The van der Waals surface area contributed by atoms with Crippen LogP contribution in [0.3, 0.4) is 0 Å². The molecule has 0 fully saturated rings. The van der Waals surface area contributed by atoms with Gasteiger partial charge in [0.05, 0.1) is 19.1 Å². The van der Waals surface area contributed by atoms with E-state index in [1.165, 1.54) is 7.11 Å². The molecule has 20 heavy (non-hydrogen) atoms. The van der Waals surface area contributed by atoms with Crippen molar-refractivity contribution in [2.45, 2.75) is 19.4 Å². The molecular weight excluding hydrogens is 264 g/mol. The number of amides is 2. The molecular formula is C13H16N2O5. The zero-order valence-corrected chi connectivity index (χ0v) is 11.2. The first-order valence-electron chi connectivity index (χ1n) is 5.81. The van der Waals surface area contributed by atoms with Gasteiger partial charge in [0.15, 0.2) is 0 Å². The average molecular weight is 280 g/mol. The van der Waals surface area contributed by atoms with E-state index in [2.05, 4.69) is 5.32 Å². The number of aryl methyl sites for hydroxylation is 1. The molecule has 1 aromatic rings. The summed E-state index contributed by atoms with van der Waals surface area (Å²) in [5, 5.41) is 11.2. The van der Waals surface area contributed by atoms with Gasteiger partial charge >= 0.3 is 5.97 Å². The van der Waals surface area contributed by atoms with Crippen LogP contribution in [0, 0.1) is 6.92 Å². The van der Waals surface area contributed by atoms with Crippen LogP contribution in [0.5, 0.6) is 5.75 Å². The average Bonchev–Trinajstić information content (AvgIpc) is 2.37. The summed E-state index contributed by atoms with van der Waals surface area (Å²) in [6.45, 7) is 1.79. The van der Waals surface area contributed by atoms with Crippen LogP contribution in [0.2, 0.25) is 0 Å². The normalized spacial score (nSPS) is 11.5. The van der Waals surface area contributed by atoms with Crippen molar-refractivity contribution < 1.29 is 24.2 Å². The van der Waals surface area contributed by atoms with Gasteiger partial charge in [0.2, 0.25) is 5.91 Å². The number of nitrogens with two attached hydrogens (primary N) is 1. The lowest BCUT2D eigenvalue weighted by molar-refractivity contribution is -0.140. The number of carbonyl (C=O) groups is 3. The number of carboxylic acids is 1. The molecule has 0 unspecified atom stereocenters. The molecule has 2 amide bonds. The topological polar surface area (TPSA) is 119 Å². The van der Waals surface area contributed by atoms with Crippen LogP contribution >= 0.6 is 0 Å². The molecule has 1 aromatic carbocycles. The fourth-order valence-corrected chi connectivity index (χ4v) is 1.64. The van der Waals surface area contributed by atoms with Crippen LogP contribution in [0.1, 0.15) is 22.3 Å². The van der Waals surface area contributed by atoms with Gasteiger partial charge in [0.1, 0.15) is 11.8 Å². The van der Waals surface area contributed by atoms with Gasteiger partial charge in [-0.25, -0.2) is 4.79 Å². The molecule has 1 atom stereocenters. The van der Waals surface area contributed by atoms with Crippen LogP contribution in [0.25, 0.3) is 0 Å². The molecule has 0 aliphatic rings. The van der Waals surface area contributed by atoms with Gasteiger partial charge in [-0.15, -0.1) is 0 Å². The van der Waals surface area contributed by atoms with E-state index in [9.17, 15) is 14.4 Å². The van der Waals surface area contributed by atoms with Crippen LogP contribution in [-0.4, -0.2) is 36.0 Å². The summed E-state index contributed by atoms with van der Waals surface area (Å²) in [5.41, 5.74) is 5.96. The number of primary amides is 1. The van der Waals surface area contributed by atoms with Crippen molar-refractivity contribution in [3.63, 3.8) is 0 Å². The first kappa shape index (κ1) is 15.5. The summed E-state index contributed by atoms with van der Waals surface area (Å²) < 4.78 is 5.04. The fraction of sp³-hybridized carbons (Fsp3) is 0.308. The van der Waals surface area contributed by atoms with Crippen LogP contribution in [-0.2, 0) is 9.59 Å². The Morgan fingerprint density at radius 3 is 2.55 bits per heavy atom. The molecule has 0 aliphatic carbocycles. The molecule has 0 bridgehead atoms. The zero-order valence-electron chi connectivity index (χ0n) is 11.2. The van der Waals surface area contributed by atoms with Crippen molar-refractivity contribution in [2.24, 2.45) is 5.73 Å². The summed E-state index contributed by atoms with van der Waals surface area (Å²) in [6, 6.07) is 3.56. The van der Waals surface area contributed by atoms with E-state index in [-0.39, 0.29) is 5.56 Å². The number of carboxylic acid groups (broad SMARTS) is 1. The number of ether oxygens (including phenoxy) is 1. The van der Waals surface area contributed by atoms with Crippen molar-refractivity contribution in [2.75, 3.05) is 7.11 Å². The number of hydrogen-bond acceptors (Lipinski definition) is 4. The lowest BCUT2D eigenvalue weighted by Crippen LogP contribution is -2.43. The highest BCUT2D eigenvalue weighted by atomic mass is 16.5. The van der Waals surface area contributed by atoms with E-state index in [1.807, 2.05) is 0 Å². The highest BCUT2D eigenvalue weighted by Crippen LogP contribution is 2.19. The van der Waals surface area contributed by atoms with Gasteiger partial charge in [-0.1, -0.05) is 11.6 Å². The van der Waals surface area contributed by atoms with Crippen molar-refractivity contribution in [3.05, 3.63) is 29.3 Å². The van der Waals surface area contributed by atoms with Crippen LogP contribution in [0.15, 0.2) is 18.2 Å². The molecule has 0 heterocycles. The van der Waals surface area contributed by atoms with Gasteiger partial charge in [-0.3, -0.25) is 9.59 Å². The van der Waals surface area contributed by atoms with E-state index in [0.29, 0.717) is 5.75 Å². The number of methoxy groups -OCH3 is 1. The molecule has 0 radical (unpaired) electrons. The number of nitrogens with one attached hydrogen (secondary N) is 1. The molecule has 0 saturated heterocycles. The molecule has 0 aliphatic heterocycles. The lowest BCUT2D eigenvalue weighted by Gasteiger charge is -2.14. The molecule has 108 valence electrons. The maximum atomic E-state index is 12.1. The first-order chi connectivity index (χ1) is 9.35. The highest BCUT2D eigenvalue weighted by molar-refractivity contribution is 5.99. The molecule has 7 nitrogen and oxygen atoms in total. The Hall–Kier alpha value is -2.57. The van der Waals surface area contributed by atoms with Gasteiger partial charge in [0.25, 0.3) is 5.91 Å². The fourth-order valence-electron chi connectivity index (χ4n) is 1.64. The van der Waals surface area contributed by atoms with Crippen molar-refractivity contribution in [1.29, 1.82) is 0 Å². The van der Waals surface area contributed by atoms with Gasteiger partial charge in [-0.2, -0.15) is 0 Å². The smallest absolute Gasteiger partial charge is 0.326 e. The second-order valence-corrected chi connectivity index (χ2v) is 4.24. The minimum Gasteiger partial charge on any atom is -0.496 e. The summed E-state index contributed by atoms with van der Waals surface area (Å²) in [7, 11) is 1.40. The van der Waals surface area contributed by atoms with E-state index < -0.39 is 30.2 Å². The highest BCUT2D eigenvalue weighted by Gasteiger charge is 2.24. The second-order valence-electron chi connectivity index (χ2n) is 4.24. The number of carbonyl (C=O) groups excluding carboxylic acids is 2. The Labute approximate surface area is 115 Å². The van der Waals surface area contributed by atoms with Crippen molar-refractivity contribution in [1.82, 2.24) is 5.32 Å². The Morgan fingerprint density at radius 2 is 2.05 bits per heavy atom. The third-order valence-electron chi connectivity index (χ3n) is 2.61. The molecule has 1 rings (SSSR count). The molecule has 0 saturated carbocycles. The molecule has 0 spiro atoms. The van der Waals surface area contributed by atoms with Gasteiger partial charge in [-0.05, 0) is 19.1 Å². The zero-order chi connectivity index (χ0) is 15.3. The van der Waals surface area contributed by atoms with E-state index >= 15 is 0 Å². The quantitative estimate of drug-likeness (QED) is 0.681. The monoisotopic (exact) mass is 280 g/mol. The standard InChI is InChI=1S/C13H16N2O5/c1-7-3-4-10(20-2)8(5-7)12(17)15-9(13(18)19)6-11(14)16/h3-5,9H,6H2,1-2H3,(H2,14,16)(H,15,17)(H,18,19)/t9-/m0/s1. The second kappa shape index (κ2) is 6.55. The number of benzene rings is 1. The molecule has 7 heteroatoms. The maximum Gasteiger partial charge on any atom is 0.326 e. The summed E-state index contributed by atoms with van der Waals surface area (Å²) in [6.07, 6.45) is -0.477. The lowest BCUT2D eigenvalue weighted by atomic mass is 10.1. The summed E-state index contributed by atoms with van der Waals surface area (Å²) in [5.74, 6) is -2.46. The van der Waals surface area contributed by atoms with E-state index in [1.54, 1.807) is 25.1 Å². The Morgan fingerprint density at radius 1 is 1.40 bits per heavy atom. The Balaban J connectivity index is 2.96. The largest absolute Gasteiger partial charge is 0.496 e. The summed E-state index contributed by atoms with van der Waals surface area (Å²) >= 11 is 0. The number of aliphatic carboxylic acids is 1. The van der Waals surface area contributed by atoms with Gasteiger partial charge < -0.3 is 20.9 Å². The summed E-state index contributed by atoms with van der Waals surface area (Å²) in [4.78, 5) is 33.8. The number of hydrogen-bond donors (Lipinski definition) is 3. The van der Waals surface area contributed by atoms with Gasteiger partial charge in [0, 0.05) is 0 Å². The first-order valence-corrected chi connectivity index (χ1v) is 5.81. The van der Waals surface area contributed by atoms with Crippen LogP contribution < -0.4 is 15.8 Å². The van der Waals surface area contributed by atoms with Crippen LogP contribution in [0.4, 0.5) is 0 Å². The SMILES string of the molecule is COc1ccc(C)cc1C(=O)N[C@@H](CC(N)=O)C(=O)O. The van der Waals surface area contributed by atoms with Crippen molar-refractivity contribution in [3.8, 4) is 5.75 Å². The Kier molecular flexibility index (Phi) is 5.08. The Bertz CT molecular complexity index is 542. The minimum atomic E-state index is -1.37. The predicted octanol–water partition coefficient (Wildman–Crippen LogP) is 0.0620. The minimum absolute atomic E-state index is 0.197. The van der Waals surface area contributed by atoms with E-state index in [0.717, 1.165) is 5.56 Å². The van der Waals surface area contributed by atoms with Crippen molar-refractivity contribution >= 4 is 17.8 Å². The third-order valence-corrected chi connectivity index (χ3v) is 2.61. The van der Waals surface area contributed by atoms with E-state index in [4.69, 9.17) is 15.6 Å². The third kappa shape index (κ3) is 3.98. The predicted molar refractivity (Wildman–Crippen MR) is 70.4 cm³/mol. The molecule has 4 N–H and O–H groups in total.